The van der Waals surface area contributed by atoms with Crippen molar-refractivity contribution >= 4 is 16.1 Å². The molecule has 2 aliphatic rings. The maximum Gasteiger partial charge on any atom is 0.281 e. The summed E-state index contributed by atoms with van der Waals surface area (Å²) in [6.07, 6.45) is 2.16. The van der Waals surface area contributed by atoms with Gasteiger partial charge in [-0.1, -0.05) is 0 Å². The summed E-state index contributed by atoms with van der Waals surface area (Å²) in [5.74, 6) is -0.0117. The summed E-state index contributed by atoms with van der Waals surface area (Å²) in [5, 5.41) is 13.7. The molecule has 9 heteroatoms. The van der Waals surface area contributed by atoms with Gasteiger partial charge in [-0.05, 0) is 19.3 Å². The van der Waals surface area contributed by atoms with Gasteiger partial charge < -0.3 is 15.3 Å². The summed E-state index contributed by atoms with van der Waals surface area (Å²) in [6, 6.07) is 0.201. The number of likely N-dealkylation sites (tertiary alicyclic amines) is 1. The lowest BCUT2D eigenvalue weighted by Gasteiger charge is -2.36. The molecule has 0 saturated carbocycles. The summed E-state index contributed by atoms with van der Waals surface area (Å²) in [6.45, 7) is 4.08. The molecule has 2 fully saturated rings. The predicted molar refractivity (Wildman–Crippen MR) is 87.0 cm³/mol. The second kappa shape index (κ2) is 7.02. The number of amides is 1. The minimum absolute atomic E-state index is 0.0117. The Balaban J connectivity index is 1.86. The molecule has 1 atom stereocenters. The van der Waals surface area contributed by atoms with Crippen molar-refractivity contribution in [3.63, 3.8) is 0 Å². The van der Waals surface area contributed by atoms with Crippen LogP contribution in [0.3, 0.4) is 0 Å². The standard InChI is InChI=1S/C14H28N4O4S/c1-12(19)15-13-4-7-17(8-5-13)10-14(20)6-9-18(11-14)23(21,22)16(2)3/h13,20H,4-11H2,1-3H3,(H,15,19)/t14-/m0/s1. The Labute approximate surface area is 138 Å². The number of hydrogen-bond acceptors (Lipinski definition) is 5. The highest BCUT2D eigenvalue weighted by molar-refractivity contribution is 7.86. The number of hydrogen-bond donors (Lipinski definition) is 2. The lowest BCUT2D eigenvalue weighted by Crippen LogP contribution is -2.51. The predicted octanol–water partition coefficient (Wildman–Crippen LogP) is -1.17. The Morgan fingerprint density at radius 1 is 1.30 bits per heavy atom. The second-order valence-electron chi connectivity index (χ2n) is 6.85. The molecule has 0 radical (unpaired) electrons. The fourth-order valence-corrected chi connectivity index (χ4v) is 4.50. The van der Waals surface area contributed by atoms with Gasteiger partial charge in [0.1, 0.15) is 0 Å². The molecule has 0 aromatic rings. The quantitative estimate of drug-likeness (QED) is 0.653. The van der Waals surface area contributed by atoms with E-state index in [-0.39, 0.29) is 18.5 Å². The van der Waals surface area contributed by atoms with E-state index in [4.69, 9.17) is 0 Å². The first kappa shape index (κ1) is 18.6. The van der Waals surface area contributed by atoms with Gasteiger partial charge in [0.2, 0.25) is 5.91 Å². The summed E-state index contributed by atoms with van der Waals surface area (Å²) >= 11 is 0. The molecule has 0 aliphatic carbocycles. The van der Waals surface area contributed by atoms with Gasteiger partial charge in [-0.15, -0.1) is 0 Å². The van der Waals surface area contributed by atoms with Crippen molar-refractivity contribution in [3.8, 4) is 0 Å². The third-order valence-electron chi connectivity index (χ3n) is 4.60. The number of β-amino-alcohol motifs (C(OH)–C–C–N with tert-alkyl or cyclic N) is 1. The van der Waals surface area contributed by atoms with E-state index < -0.39 is 15.8 Å². The number of carbonyl (C=O) groups is 1. The van der Waals surface area contributed by atoms with Crippen molar-refractivity contribution < 1.29 is 18.3 Å². The van der Waals surface area contributed by atoms with E-state index >= 15 is 0 Å². The van der Waals surface area contributed by atoms with Crippen LogP contribution in [0.2, 0.25) is 0 Å². The zero-order valence-electron chi connectivity index (χ0n) is 14.2. The molecule has 2 saturated heterocycles. The average molecular weight is 348 g/mol. The van der Waals surface area contributed by atoms with Crippen LogP contribution < -0.4 is 5.32 Å². The van der Waals surface area contributed by atoms with E-state index in [1.165, 1.54) is 29.6 Å². The van der Waals surface area contributed by atoms with Gasteiger partial charge in [-0.3, -0.25) is 4.79 Å². The van der Waals surface area contributed by atoms with Crippen LogP contribution in [0, 0.1) is 0 Å². The van der Waals surface area contributed by atoms with Crippen molar-refractivity contribution in [2.75, 3.05) is 46.8 Å². The van der Waals surface area contributed by atoms with Crippen LogP contribution in [-0.2, 0) is 15.0 Å². The SMILES string of the molecule is CC(=O)NC1CCN(C[C@@]2(O)CCN(S(=O)(=O)N(C)C)C2)CC1. The van der Waals surface area contributed by atoms with Crippen LogP contribution in [0.5, 0.6) is 0 Å². The smallest absolute Gasteiger partial charge is 0.281 e. The summed E-state index contributed by atoms with van der Waals surface area (Å²) in [4.78, 5) is 13.2. The van der Waals surface area contributed by atoms with Gasteiger partial charge >= 0.3 is 0 Å². The first-order valence-corrected chi connectivity index (χ1v) is 9.41. The third-order valence-corrected chi connectivity index (χ3v) is 6.48. The number of piperidine rings is 1. The molecular weight excluding hydrogens is 320 g/mol. The highest BCUT2D eigenvalue weighted by Crippen LogP contribution is 2.26. The molecule has 2 aliphatic heterocycles. The molecular formula is C14H28N4O4S. The fourth-order valence-electron chi connectivity index (χ4n) is 3.32. The monoisotopic (exact) mass is 348 g/mol. The summed E-state index contributed by atoms with van der Waals surface area (Å²) in [5.41, 5.74) is -0.996. The fraction of sp³-hybridized carbons (Fsp3) is 0.929. The van der Waals surface area contributed by atoms with Gasteiger partial charge in [0.15, 0.2) is 0 Å². The minimum atomic E-state index is -3.47. The van der Waals surface area contributed by atoms with Crippen LogP contribution in [0.1, 0.15) is 26.2 Å². The number of aliphatic hydroxyl groups is 1. The van der Waals surface area contributed by atoms with Crippen molar-refractivity contribution in [1.29, 1.82) is 0 Å². The third kappa shape index (κ3) is 4.63. The van der Waals surface area contributed by atoms with E-state index in [9.17, 15) is 18.3 Å². The zero-order valence-corrected chi connectivity index (χ0v) is 15.0. The lowest BCUT2D eigenvalue weighted by atomic mass is 9.99. The topological polar surface area (TPSA) is 93.2 Å². The lowest BCUT2D eigenvalue weighted by molar-refractivity contribution is -0.120. The summed E-state index contributed by atoms with van der Waals surface area (Å²) in [7, 11) is -0.471. The Kier molecular flexibility index (Phi) is 5.68. The van der Waals surface area contributed by atoms with Crippen LogP contribution in [0.15, 0.2) is 0 Å². The molecule has 2 N–H and O–H groups in total. The first-order valence-electron chi connectivity index (χ1n) is 8.02. The Morgan fingerprint density at radius 2 is 1.91 bits per heavy atom. The van der Waals surface area contributed by atoms with E-state index in [1.807, 2.05) is 0 Å². The van der Waals surface area contributed by atoms with E-state index in [0.717, 1.165) is 25.9 Å². The number of carbonyl (C=O) groups excluding carboxylic acids is 1. The molecule has 23 heavy (non-hydrogen) atoms. The molecule has 0 aromatic heterocycles. The van der Waals surface area contributed by atoms with E-state index in [0.29, 0.717) is 19.5 Å². The van der Waals surface area contributed by atoms with Crippen LogP contribution in [0.25, 0.3) is 0 Å². The van der Waals surface area contributed by atoms with Gasteiger partial charge in [0.05, 0.1) is 5.60 Å². The normalized spacial score (nSPS) is 28.4. The van der Waals surface area contributed by atoms with Gasteiger partial charge in [0.25, 0.3) is 10.2 Å². The maximum absolute atomic E-state index is 12.1. The minimum Gasteiger partial charge on any atom is -0.387 e. The van der Waals surface area contributed by atoms with Crippen molar-refractivity contribution in [2.24, 2.45) is 0 Å². The van der Waals surface area contributed by atoms with E-state index in [2.05, 4.69) is 10.2 Å². The van der Waals surface area contributed by atoms with E-state index in [1.54, 1.807) is 0 Å². The van der Waals surface area contributed by atoms with Crippen LogP contribution >= 0.6 is 0 Å². The molecule has 0 bridgehead atoms. The first-order chi connectivity index (χ1) is 10.6. The van der Waals surface area contributed by atoms with Crippen molar-refractivity contribution in [3.05, 3.63) is 0 Å². The Hall–Kier alpha value is -0.740. The molecule has 2 heterocycles. The zero-order chi connectivity index (χ0) is 17.3. The van der Waals surface area contributed by atoms with Gasteiger partial charge in [0, 0.05) is 59.8 Å². The summed E-state index contributed by atoms with van der Waals surface area (Å²) < 4.78 is 26.8. The molecule has 0 aromatic carbocycles. The molecule has 0 spiro atoms. The number of rotatable bonds is 5. The average Bonchev–Trinajstić information content (AvgIpc) is 2.83. The molecule has 2 rings (SSSR count). The largest absolute Gasteiger partial charge is 0.387 e. The molecule has 0 unspecified atom stereocenters. The second-order valence-corrected chi connectivity index (χ2v) is 8.99. The Bertz CT molecular complexity index is 531. The van der Waals surface area contributed by atoms with Gasteiger partial charge in [-0.25, -0.2) is 0 Å². The maximum atomic E-state index is 12.1. The highest BCUT2D eigenvalue weighted by atomic mass is 32.2. The number of nitrogens with one attached hydrogen (secondary N) is 1. The Morgan fingerprint density at radius 3 is 2.43 bits per heavy atom. The van der Waals surface area contributed by atoms with Crippen molar-refractivity contribution in [2.45, 2.75) is 37.8 Å². The molecule has 134 valence electrons. The van der Waals surface area contributed by atoms with Crippen LogP contribution in [-0.4, -0.2) is 91.4 Å². The molecule has 8 nitrogen and oxygen atoms in total. The number of nitrogens with zero attached hydrogens (tertiary/aromatic N) is 3. The van der Waals surface area contributed by atoms with Crippen LogP contribution in [0.4, 0.5) is 0 Å². The molecule has 1 amide bonds. The highest BCUT2D eigenvalue weighted by Gasteiger charge is 2.43. The van der Waals surface area contributed by atoms with Crippen molar-refractivity contribution in [1.82, 2.24) is 18.8 Å². The van der Waals surface area contributed by atoms with Gasteiger partial charge in [-0.2, -0.15) is 17.0 Å².